The molecule has 0 fully saturated rings. The molecule has 0 aliphatic carbocycles. The molecule has 19 heavy (non-hydrogen) atoms. The van der Waals surface area contributed by atoms with E-state index in [0.717, 1.165) is 0 Å². The molecule has 6 heteroatoms. The summed E-state index contributed by atoms with van der Waals surface area (Å²) in [6, 6.07) is 4.61. The average Bonchev–Trinajstić information content (AvgIpc) is 2.44. The first-order chi connectivity index (χ1) is 9.13. The molecule has 0 aromatic carbocycles. The zero-order chi connectivity index (χ0) is 14.3. The maximum absolute atomic E-state index is 12.1. The van der Waals surface area contributed by atoms with Crippen molar-refractivity contribution in [3.05, 3.63) is 29.6 Å². The van der Waals surface area contributed by atoms with Gasteiger partial charge in [0, 0.05) is 13.1 Å². The number of pyridine rings is 1. The quantitative estimate of drug-likeness (QED) is 0.767. The third-order valence-corrected chi connectivity index (χ3v) is 2.49. The minimum atomic E-state index is -0.553. The van der Waals surface area contributed by atoms with Crippen molar-refractivity contribution in [2.75, 3.05) is 26.3 Å². The third kappa shape index (κ3) is 4.03. The van der Waals surface area contributed by atoms with Gasteiger partial charge in [0.25, 0.3) is 5.91 Å². The van der Waals surface area contributed by atoms with Crippen LogP contribution in [-0.2, 0) is 4.74 Å². The van der Waals surface area contributed by atoms with E-state index < -0.39 is 5.97 Å². The highest BCUT2D eigenvalue weighted by Gasteiger charge is 2.17. The number of likely N-dealkylation sites (N-methyl/N-ethyl adjacent to an activating group) is 1. The van der Waals surface area contributed by atoms with Crippen LogP contribution in [0.25, 0.3) is 0 Å². The molecule has 6 nitrogen and oxygen atoms in total. The van der Waals surface area contributed by atoms with Crippen molar-refractivity contribution >= 4 is 11.9 Å². The van der Waals surface area contributed by atoms with Crippen molar-refractivity contribution in [1.82, 2.24) is 9.88 Å². The second kappa shape index (κ2) is 7.48. The number of aromatic nitrogens is 1. The number of hydrogen-bond donors (Lipinski definition) is 1. The summed E-state index contributed by atoms with van der Waals surface area (Å²) >= 11 is 0. The van der Waals surface area contributed by atoms with E-state index in [1.165, 1.54) is 17.0 Å². The van der Waals surface area contributed by atoms with Crippen LogP contribution in [0.4, 0.5) is 0 Å². The van der Waals surface area contributed by atoms with Crippen molar-refractivity contribution in [1.29, 1.82) is 0 Å². The van der Waals surface area contributed by atoms with Gasteiger partial charge >= 0.3 is 5.97 Å². The number of aliphatic hydroxyl groups is 1. The number of amides is 1. The van der Waals surface area contributed by atoms with Crippen LogP contribution >= 0.6 is 0 Å². The Bertz CT molecular complexity index is 448. The molecule has 104 valence electrons. The van der Waals surface area contributed by atoms with Crippen molar-refractivity contribution in [2.24, 2.45) is 0 Å². The van der Waals surface area contributed by atoms with Gasteiger partial charge in [0.1, 0.15) is 11.4 Å². The first kappa shape index (κ1) is 15.1. The Morgan fingerprint density at radius 3 is 2.58 bits per heavy atom. The predicted molar refractivity (Wildman–Crippen MR) is 68.9 cm³/mol. The largest absolute Gasteiger partial charge is 0.461 e. The fourth-order valence-corrected chi connectivity index (χ4v) is 1.56. The lowest BCUT2D eigenvalue weighted by molar-refractivity contribution is 0.0519. The number of aliphatic hydroxyl groups excluding tert-OH is 1. The van der Waals surface area contributed by atoms with Gasteiger partial charge in [-0.25, -0.2) is 9.78 Å². The van der Waals surface area contributed by atoms with E-state index >= 15 is 0 Å². The fourth-order valence-electron chi connectivity index (χ4n) is 1.56. The van der Waals surface area contributed by atoms with E-state index in [0.29, 0.717) is 6.54 Å². The van der Waals surface area contributed by atoms with Crippen LogP contribution in [0.2, 0.25) is 0 Å². The van der Waals surface area contributed by atoms with Gasteiger partial charge in [-0.05, 0) is 26.0 Å². The maximum Gasteiger partial charge on any atom is 0.356 e. The summed E-state index contributed by atoms with van der Waals surface area (Å²) in [4.78, 5) is 29.1. The molecule has 0 aliphatic rings. The summed E-state index contributed by atoms with van der Waals surface area (Å²) in [7, 11) is 0. The molecule has 0 aliphatic heterocycles. The summed E-state index contributed by atoms with van der Waals surface area (Å²) in [5.41, 5.74) is 0.272. The molecule has 0 atom stereocenters. The lowest BCUT2D eigenvalue weighted by Gasteiger charge is -2.19. The van der Waals surface area contributed by atoms with Crippen molar-refractivity contribution in [2.45, 2.75) is 13.8 Å². The van der Waals surface area contributed by atoms with Crippen molar-refractivity contribution < 1.29 is 19.4 Å². The Balaban J connectivity index is 2.92. The van der Waals surface area contributed by atoms with Gasteiger partial charge in [-0.15, -0.1) is 0 Å². The Kier molecular flexibility index (Phi) is 5.95. The Hall–Kier alpha value is -1.95. The SMILES string of the molecule is CCOC(=O)c1cccc(C(=O)N(CC)CCO)n1. The Labute approximate surface area is 112 Å². The number of nitrogens with zero attached hydrogens (tertiary/aromatic N) is 2. The molecule has 1 aromatic rings. The summed E-state index contributed by atoms with van der Waals surface area (Å²) in [6.45, 7) is 4.35. The van der Waals surface area contributed by atoms with Crippen LogP contribution in [0.3, 0.4) is 0 Å². The fraction of sp³-hybridized carbons (Fsp3) is 0.462. The Morgan fingerprint density at radius 2 is 2.00 bits per heavy atom. The molecule has 0 radical (unpaired) electrons. The topological polar surface area (TPSA) is 79.7 Å². The predicted octanol–water partition coefficient (Wildman–Crippen LogP) is 0.713. The van der Waals surface area contributed by atoms with Crippen molar-refractivity contribution in [3.8, 4) is 0 Å². The molecule has 0 spiro atoms. The zero-order valence-electron chi connectivity index (χ0n) is 11.1. The lowest BCUT2D eigenvalue weighted by atomic mass is 10.2. The van der Waals surface area contributed by atoms with Gasteiger partial charge in [0.05, 0.1) is 13.2 Å². The normalized spacial score (nSPS) is 10.1. The molecule has 1 rings (SSSR count). The summed E-state index contributed by atoms with van der Waals surface area (Å²) < 4.78 is 4.83. The number of ether oxygens (including phenoxy) is 1. The highest BCUT2D eigenvalue weighted by molar-refractivity contribution is 5.94. The number of esters is 1. The van der Waals surface area contributed by atoms with Gasteiger partial charge in [-0.3, -0.25) is 4.79 Å². The molecular formula is C13H18N2O4. The Morgan fingerprint density at radius 1 is 1.32 bits per heavy atom. The van der Waals surface area contributed by atoms with E-state index in [9.17, 15) is 9.59 Å². The van der Waals surface area contributed by atoms with Crippen LogP contribution in [0.1, 0.15) is 34.8 Å². The second-order valence-electron chi connectivity index (χ2n) is 3.74. The summed E-state index contributed by atoms with van der Waals surface area (Å²) in [6.07, 6.45) is 0. The number of hydrogen-bond acceptors (Lipinski definition) is 5. The van der Waals surface area contributed by atoms with Gasteiger partial charge in [0.2, 0.25) is 0 Å². The molecule has 1 aromatic heterocycles. The van der Waals surface area contributed by atoms with E-state index in [2.05, 4.69) is 4.98 Å². The summed E-state index contributed by atoms with van der Waals surface area (Å²) in [5, 5.41) is 8.89. The number of carbonyl (C=O) groups excluding carboxylic acids is 2. The molecule has 0 bridgehead atoms. The van der Waals surface area contributed by atoms with E-state index in [1.807, 2.05) is 6.92 Å². The highest BCUT2D eigenvalue weighted by atomic mass is 16.5. The maximum atomic E-state index is 12.1. The van der Waals surface area contributed by atoms with Gasteiger partial charge in [-0.2, -0.15) is 0 Å². The van der Waals surface area contributed by atoms with Crippen molar-refractivity contribution in [3.63, 3.8) is 0 Å². The first-order valence-electron chi connectivity index (χ1n) is 6.18. The van der Waals surface area contributed by atoms with Crippen LogP contribution in [0.5, 0.6) is 0 Å². The van der Waals surface area contributed by atoms with E-state index in [4.69, 9.17) is 9.84 Å². The van der Waals surface area contributed by atoms with Crippen LogP contribution < -0.4 is 0 Å². The molecule has 1 N–H and O–H groups in total. The summed E-state index contributed by atoms with van der Waals surface area (Å²) in [5.74, 6) is -0.870. The van der Waals surface area contributed by atoms with E-state index in [-0.39, 0.29) is 37.1 Å². The van der Waals surface area contributed by atoms with Crippen LogP contribution in [-0.4, -0.2) is 53.2 Å². The molecular weight excluding hydrogens is 248 g/mol. The van der Waals surface area contributed by atoms with Gasteiger partial charge in [-0.1, -0.05) is 6.07 Å². The standard InChI is InChI=1S/C13H18N2O4/c1-3-15(8-9-16)12(17)10-6-5-7-11(14-10)13(18)19-4-2/h5-7,16H,3-4,8-9H2,1-2H3. The molecule has 0 saturated heterocycles. The zero-order valence-corrected chi connectivity index (χ0v) is 11.1. The highest BCUT2D eigenvalue weighted by Crippen LogP contribution is 2.05. The number of rotatable bonds is 6. The van der Waals surface area contributed by atoms with Gasteiger partial charge < -0.3 is 14.7 Å². The minimum absolute atomic E-state index is 0.104. The number of carbonyl (C=O) groups is 2. The first-order valence-corrected chi connectivity index (χ1v) is 6.18. The molecule has 0 saturated carbocycles. The molecule has 1 heterocycles. The third-order valence-electron chi connectivity index (χ3n) is 2.49. The van der Waals surface area contributed by atoms with Crippen LogP contribution in [0.15, 0.2) is 18.2 Å². The monoisotopic (exact) mass is 266 g/mol. The second-order valence-corrected chi connectivity index (χ2v) is 3.74. The lowest BCUT2D eigenvalue weighted by Crippen LogP contribution is -2.34. The van der Waals surface area contributed by atoms with Gasteiger partial charge in [0.15, 0.2) is 0 Å². The molecule has 1 amide bonds. The minimum Gasteiger partial charge on any atom is -0.461 e. The molecule has 0 unspecified atom stereocenters. The smallest absolute Gasteiger partial charge is 0.356 e. The van der Waals surface area contributed by atoms with Crippen LogP contribution in [0, 0.1) is 0 Å². The van der Waals surface area contributed by atoms with E-state index in [1.54, 1.807) is 13.0 Å². The average molecular weight is 266 g/mol.